The zero-order valence-electron chi connectivity index (χ0n) is 12.0. The SMILES string of the molecule is CCCOc1cc(NCCNS(C)(=O)=O)ccc1[N+](=O)[O-]. The molecule has 0 fully saturated rings. The van der Waals surface area contributed by atoms with Crippen LogP contribution in [0.15, 0.2) is 18.2 Å². The summed E-state index contributed by atoms with van der Waals surface area (Å²) in [6, 6.07) is 4.45. The van der Waals surface area contributed by atoms with E-state index >= 15 is 0 Å². The standard InChI is InChI=1S/C12H19N3O5S/c1-3-8-20-12-9-10(4-5-11(12)15(16)17)13-6-7-14-21(2,18)19/h4-5,9,13-14H,3,6-8H2,1-2H3. The fourth-order valence-electron chi connectivity index (χ4n) is 1.55. The molecule has 1 aromatic carbocycles. The Bertz CT molecular complexity index is 589. The number of hydrogen-bond acceptors (Lipinski definition) is 6. The van der Waals surface area contributed by atoms with Gasteiger partial charge in [-0.25, -0.2) is 13.1 Å². The van der Waals surface area contributed by atoms with Gasteiger partial charge in [0, 0.05) is 30.9 Å². The predicted molar refractivity (Wildman–Crippen MR) is 80.2 cm³/mol. The van der Waals surface area contributed by atoms with Gasteiger partial charge in [0.25, 0.3) is 0 Å². The van der Waals surface area contributed by atoms with E-state index in [4.69, 9.17) is 4.74 Å². The van der Waals surface area contributed by atoms with Gasteiger partial charge < -0.3 is 10.1 Å². The first-order valence-electron chi connectivity index (χ1n) is 6.43. The lowest BCUT2D eigenvalue weighted by atomic mass is 10.2. The number of nitro benzene ring substituents is 1. The Morgan fingerprint density at radius 1 is 1.33 bits per heavy atom. The highest BCUT2D eigenvalue weighted by molar-refractivity contribution is 7.88. The highest BCUT2D eigenvalue weighted by atomic mass is 32.2. The summed E-state index contributed by atoms with van der Waals surface area (Å²) >= 11 is 0. The maximum atomic E-state index is 10.9. The lowest BCUT2D eigenvalue weighted by molar-refractivity contribution is -0.385. The summed E-state index contributed by atoms with van der Waals surface area (Å²) in [7, 11) is -3.22. The second-order valence-corrected chi connectivity index (χ2v) is 6.21. The van der Waals surface area contributed by atoms with E-state index < -0.39 is 14.9 Å². The van der Waals surface area contributed by atoms with Crippen molar-refractivity contribution in [1.29, 1.82) is 0 Å². The molecule has 0 spiro atoms. The minimum absolute atomic E-state index is 0.0942. The second-order valence-electron chi connectivity index (χ2n) is 4.38. The van der Waals surface area contributed by atoms with Crippen molar-refractivity contribution in [2.45, 2.75) is 13.3 Å². The van der Waals surface area contributed by atoms with Crippen LogP contribution in [0.1, 0.15) is 13.3 Å². The molecule has 1 rings (SSSR count). The van der Waals surface area contributed by atoms with Crippen molar-refractivity contribution in [3.8, 4) is 5.75 Å². The van der Waals surface area contributed by atoms with Crippen molar-refractivity contribution in [2.75, 3.05) is 31.3 Å². The summed E-state index contributed by atoms with van der Waals surface area (Å²) in [4.78, 5) is 10.4. The molecule has 1 aromatic rings. The summed E-state index contributed by atoms with van der Waals surface area (Å²) in [5.74, 6) is 0.197. The van der Waals surface area contributed by atoms with Crippen LogP contribution in [0.4, 0.5) is 11.4 Å². The lowest BCUT2D eigenvalue weighted by Gasteiger charge is -2.10. The molecule has 0 heterocycles. The predicted octanol–water partition coefficient (Wildman–Crippen LogP) is 1.34. The van der Waals surface area contributed by atoms with Crippen LogP contribution in [0.25, 0.3) is 0 Å². The molecule has 0 saturated carbocycles. The van der Waals surface area contributed by atoms with E-state index in [2.05, 4.69) is 10.0 Å². The summed E-state index contributed by atoms with van der Waals surface area (Å²) in [6.07, 6.45) is 1.82. The van der Waals surface area contributed by atoms with Crippen LogP contribution < -0.4 is 14.8 Å². The van der Waals surface area contributed by atoms with Crippen molar-refractivity contribution < 1.29 is 18.1 Å². The van der Waals surface area contributed by atoms with Crippen molar-refractivity contribution in [1.82, 2.24) is 4.72 Å². The van der Waals surface area contributed by atoms with Crippen LogP contribution in [-0.2, 0) is 10.0 Å². The van der Waals surface area contributed by atoms with E-state index in [1.165, 1.54) is 12.1 Å². The average Bonchev–Trinajstić information content (AvgIpc) is 2.40. The topological polar surface area (TPSA) is 111 Å². The molecule has 0 bridgehead atoms. The van der Waals surface area contributed by atoms with Gasteiger partial charge in [-0.1, -0.05) is 6.92 Å². The van der Waals surface area contributed by atoms with Crippen molar-refractivity contribution in [3.63, 3.8) is 0 Å². The van der Waals surface area contributed by atoms with Gasteiger partial charge in [-0.05, 0) is 12.5 Å². The molecule has 0 aliphatic heterocycles. The van der Waals surface area contributed by atoms with Crippen LogP contribution in [0, 0.1) is 10.1 Å². The molecule has 0 aliphatic carbocycles. The third-order valence-corrected chi connectivity index (χ3v) is 3.17. The summed E-state index contributed by atoms with van der Waals surface area (Å²) in [5, 5.41) is 13.9. The summed E-state index contributed by atoms with van der Waals surface area (Å²) < 4.78 is 29.5. The number of nitrogens with zero attached hydrogens (tertiary/aromatic N) is 1. The number of sulfonamides is 1. The molecule has 9 heteroatoms. The van der Waals surface area contributed by atoms with E-state index in [-0.39, 0.29) is 18.0 Å². The van der Waals surface area contributed by atoms with Crippen LogP contribution in [0.5, 0.6) is 5.75 Å². The minimum Gasteiger partial charge on any atom is -0.487 e. The average molecular weight is 317 g/mol. The van der Waals surface area contributed by atoms with E-state index in [0.29, 0.717) is 18.8 Å². The van der Waals surface area contributed by atoms with Gasteiger partial charge in [0.2, 0.25) is 10.0 Å². The van der Waals surface area contributed by atoms with Gasteiger partial charge in [-0.15, -0.1) is 0 Å². The fraction of sp³-hybridized carbons (Fsp3) is 0.500. The molecule has 2 N–H and O–H groups in total. The number of nitrogens with one attached hydrogen (secondary N) is 2. The van der Waals surface area contributed by atoms with Crippen LogP contribution >= 0.6 is 0 Å². The van der Waals surface area contributed by atoms with Gasteiger partial charge in [0.15, 0.2) is 5.75 Å². The Balaban J connectivity index is 2.68. The Hall–Kier alpha value is -1.87. The zero-order valence-corrected chi connectivity index (χ0v) is 12.8. The van der Waals surface area contributed by atoms with Gasteiger partial charge >= 0.3 is 5.69 Å². The van der Waals surface area contributed by atoms with E-state index in [1.807, 2.05) is 6.92 Å². The van der Waals surface area contributed by atoms with E-state index in [1.54, 1.807) is 6.07 Å². The van der Waals surface area contributed by atoms with Crippen molar-refractivity contribution in [3.05, 3.63) is 28.3 Å². The number of hydrogen-bond donors (Lipinski definition) is 2. The van der Waals surface area contributed by atoms with E-state index in [9.17, 15) is 18.5 Å². The number of rotatable bonds is 9. The third kappa shape index (κ3) is 6.41. The van der Waals surface area contributed by atoms with Crippen molar-refractivity contribution in [2.24, 2.45) is 0 Å². The van der Waals surface area contributed by atoms with Crippen molar-refractivity contribution >= 4 is 21.4 Å². The fourth-order valence-corrected chi connectivity index (χ4v) is 2.02. The molecule has 0 saturated heterocycles. The largest absolute Gasteiger partial charge is 0.487 e. The first-order valence-corrected chi connectivity index (χ1v) is 8.32. The molecular formula is C12H19N3O5S. The van der Waals surface area contributed by atoms with Gasteiger partial charge in [0.1, 0.15) is 0 Å². The van der Waals surface area contributed by atoms with Crippen LogP contribution in [0.2, 0.25) is 0 Å². The van der Waals surface area contributed by atoms with Crippen LogP contribution in [0.3, 0.4) is 0 Å². The third-order valence-electron chi connectivity index (χ3n) is 2.44. The van der Waals surface area contributed by atoms with Gasteiger partial charge in [-0.2, -0.15) is 0 Å². The maximum absolute atomic E-state index is 10.9. The highest BCUT2D eigenvalue weighted by Crippen LogP contribution is 2.30. The minimum atomic E-state index is -3.22. The smallest absolute Gasteiger partial charge is 0.311 e. The number of anilines is 1. The highest BCUT2D eigenvalue weighted by Gasteiger charge is 2.15. The molecule has 0 amide bonds. The Kier molecular flexibility index (Phi) is 6.38. The first-order chi connectivity index (χ1) is 9.83. The van der Waals surface area contributed by atoms with Gasteiger partial charge in [0.05, 0.1) is 17.8 Å². The number of ether oxygens (including phenoxy) is 1. The zero-order chi connectivity index (χ0) is 15.9. The molecular weight excluding hydrogens is 298 g/mol. The Labute approximate surface area is 123 Å². The molecule has 0 unspecified atom stereocenters. The first kappa shape index (κ1) is 17.2. The van der Waals surface area contributed by atoms with E-state index in [0.717, 1.165) is 12.7 Å². The monoisotopic (exact) mass is 317 g/mol. The summed E-state index contributed by atoms with van der Waals surface area (Å²) in [5.41, 5.74) is 0.533. The Morgan fingerprint density at radius 2 is 2.05 bits per heavy atom. The summed E-state index contributed by atoms with van der Waals surface area (Å²) in [6.45, 7) is 2.88. The number of nitro groups is 1. The lowest BCUT2D eigenvalue weighted by Crippen LogP contribution is -2.27. The molecule has 0 radical (unpaired) electrons. The van der Waals surface area contributed by atoms with Crippen LogP contribution in [-0.4, -0.2) is 39.3 Å². The molecule has 0 atom stereocenters. The molecule has 0 aromatic heterocycles. The molecule has 0 aliphatic rings. The maximum Gasteiger partial charge on any atom is 0.311 e. The second kappa shape index (κ2) is 7.79. The molecule has 8 nitrogen and oxygen atoms in total. The van der Waals surface area contributed by atoms with Gasteiger partial charge in [-0.3, -0.25) is 10.1 Å². The quantitative estimate of drug-likeness (QED) is 0.404. The molecule has 118 valence electrons. The normalized spacial score (nSPS) is 11.1. The molecule has 21 heavy (non-hydrogen) atoms. The number of benzene rings is 1. The Morgan fingerprint density at radius 3 is 2.62 bits per heavy atom.